The molecule has 8 heteroatoms. The summed E-state index contributed by atoms with van der Waals surface area (Å²) in [5.41, 5.74) is 1.15. The molecule has 0 aliphatic rings. The molecule has 6 nitrogen and oxygen atoms in total. The molecule has 0 amide bonds. The van der Waals surface area contributed by atoms with Crippen molar-refractivity contribution in [3.05, 3.63) is 39.8 Å². The minimum absolute atomic E-state index is 0.245. The van der Waals surface area contributed by atoms with Crippen molar-refractivity contribution in [3.63, 3.8) is 0 Å². The van der Waals surface area contributed by atoms with E-state index in [1.807, 2.05) is 23.7 Å². The van der Waals surface area contributed by atoms with Crippen LogP contribution in [0.15, 0.2) is 33.1 Å². The van der Waals surface area contributed by atoms with E-state index in [-0.39, 0.29) is 6.04 Å². The van der Waals surface area contributed by atoms with Crippen LogP contribution in [0.1, 0.15) is 34.3 Å². The Hall–Kier alpha value is -1.64. The molecule has 24 heavy (non-hydrogen) atoms. The van der Waals surface area contributed by atoms with E-state index in [0.29, 0.717) is 0 Å². The zero-order valence-electron chi connectivity index (χ0n) is 14.5. The SMILES string of the molecule is Cc1nc([C@H](C)N(C)Cc2ccc(Sc3nncn3C)o2)c(C)s1. The van der Waals surface area contributed by atoms with Gasteiger partial charge in [0.05, 0.1) is 23.3 Å². The zero-order valence-corrected chi connectivity index (χ0v) is 16.1. The van der Waals surface area contributed by atoms with E-state index < -0.39 is 0 Å². The van der Waals surface area contributed by atoms with Crippen molar-refractivity contribution in [2.45, 2.75) is 43.6 Å². The molecule has 0 unspecified atom stereocenters. The van der Waals surface area contributed by atoms with Crippen molar-refractivity contribution in [1.82, 2.24) is 24.6 Å². The minimum Gasteiger partial charge on any atom is -0.453 e. The fourth-order valence-electron chi connectivity index (χ4n) is 2.48. The highest BCUT2D eigenvalue weighted by molar-refractivity contribution is 7.99. The monoisotopic (exact) mass is 363 g/mol. The van der Waals surface area contributed by atoms with Gasteiger partial charge in [-0.2, -0.15) is 0 Å². The lowest BCUT2D eigenvalue weighted by atomic mass is 10.2. The summed E-state index contributed by atoms with van der Waals surface area (Å²) in [6.07, 6.45) is 1.68. The summed E-state index contributed by atoms with van der Waals surface area (Å²) in [7, 11) is 4.01. The molecule has 0 N–H and O–H groups in total. The predicted octanol–water partition coefficient (Wildman–Crippen LogP) is 3.83. The topological polar surface area (TPSA) is 60.0 Å². The minimum atomic E-state index is 0.245. The smallest absolute Gasteiger partial charge is 0.198 e. The second-order valence-corrected chi connectivity index (χ2v) is 8.19. The number of furan rings is 1. The van der Waals surface area contributed by atoms with Crippen LogP contribution >= 0.6 is 23.1 Å². The van der Waals surface area contributed by atoms with Crippen molar-refractivity contribution < 1.29 is 4.42 Å². The number of hydrogen-bond acceptors (Lipinski definition) is 7. The molecule has 0 bridgehead atoms. The molecule has 3 aromatic heterocycles. The average molecular weight is 364 g/mol. The first-order valence-electron chi connectivity index (χ1n) is 7.68. The Morgan fingerprint density at radius 3 is 2.79 bits per heavy atom. The first-order chi connectivity index (χ1) is 11.4. The number of rotatable bonds is 6. The van der Waals surface area contributed by atoms with Gasteiger partial charge in [-0.25, -0.2) is 4.98 Å². The molecule has 0 saturated heterocycles. The summed E-state index contributed by atoms with van der Waals surface area (Å²) in [4.78, 5) is 8.19. The van der Waals surface area contributed by atoms with Gasteiger partial charge in [-0.15, -0.1) is 21.5 Å². The van der Waals surface area contributed by atoms with Crippen LogP contribution in [-0.4, -0.2) is 31.7 Å². The summed E-state index contributed by atoms with van der Waals surface area (Å²) in [6.45, 7) is 7.10. The normalized spacial score (nSPS) is 12.9. The molecule has 0 radical (unpaired) electrons. The number of thiazole rings is 1. The van der Waals surface area contributed by atoms with Crippen LogP contribution in [0.2, 0.25) is 0 Å². The highest BCUT2D eigenvalue weighted by atomic mass is 32.2. The largest absolute Gasteiger partial charge is 0.453 e. The van der Waals surface area contributed by atoms with Gasteiger partial charge in [0.2, 0.25) is 0 Å². The summed E-state index contributed by atoms with van der Waals surface area (Å²) in [5.74, 6) is 0.929. The van der Waals surface area contributed by atoms with Crippen LogP contribution in [0.4, 0.5) is 0 Å². The van der Waals surface area contributed by atoms with E-state index in [1.165, 1.54) is 16.6 Å². The van der Waals surface area contributed by atoms with E-state index >= 15 is 0 Å². The maximum Gasteiger partial charge on any atom is 0.198 e. The average Bonchev–Trinajstić information content (AvgIpc) is 3.21. The fourth-order valence-corrected chi connectivity index (χ4v) is 4.13. The first-order valence-corrected chi connectivity index (χ1v) is 9.32. The van der Waals surface area contributed by atoms with Crippen LogP contribution in [0, 0.1) is 13.8 Å². The zero-order chi connectivity index (χ0) is 17.3. The lowest BCUT2D eigenvalue weighted by molar-refractivity contribution is 0.223. The molecule has 1 atom stereocenters. The van der Waals surface area contributed by atoms with Crippen molar-refractivity contribution in [2.75, 3.05) is 7.05 Å². The molecule has 3 rings (SSSR count). The second kappa shape index (κ2) is 7.08. The molecular formula is C16H21N5OS2. The molecule has 0 fully saturated rings. The van der Waals surface area contributed by atoms with Gasteiger partial charge in [-0.3, -0.25) is 4.90 Å². The fraction of sp³-hybridized carbons (Fsp3) is 0.438. The third-order valence-corrected chi connectivity index (χ3v) is 5.78. The van der Waals surface area contributed by atoms with Gasteiger partial charge in [0, 0.05) is 11.9 Å². The number of nitrogens with zero attached hydrogens (tertiary/aromatic N) is 5. The first kappa shape index (κ1) is 17.2. The maximum absolute atomic E-state index is 5.93. The van der Waals surface area contributed by atoms with Gasteiger partial charge in [-0.05, 0) is 51.7 Å². The van der Waals surface area contributed by atoms with E-state index in [0.717, 1.165) is 33.3 Å². The van der Waals surface area contributed by atoms with Crippen molar-refractivity contribution >= 4 is 23.1 Å². The second-order valence-electron chi connectivity index (χ2n) is 5.81. The van der Waals surface area contributed by atoms with Crippen LogP contribution in [0.25, 0.3) is 0 Å². The molecule has 0 spiro atoms. The van der Waals surface area contributed by atoms with E-state index in [1.54, 1.807) is 17.7 Å². The van der Waals surface area contributed by atoms with Crippen LogP contribution in [0.3, 0.4) is 0 Å². The Labute approximate surface area is 149 Å². The quantitative estimate of drug-likeness (QED) is 0.663. The van der Waals surface area contributed by atoms with Gasteiger partial charge < -0.3 is 8.98 Å². The van der Waals surface area contributed by atoms with E-state index in [2.05, 4.69) is 47.9 Å². The molecule has 3 heterocycles. The third kappa shape index (κ3) is 3.71. The molecule has 128 valence electrons. The summed E-state index contributed by atoms with van der Waals surface area (Å²) in [6, 6.07) is 4.24. The number of aromatic nitrogens is 4. The van der Waals surface area contributed by atoms with Crippen molar-refractivity contribution in [2.24, 2.45) is 7.05 Å². The van der Waals surface area contributed by atoms with Gasteiger partial charge in [0.25, 0.3) is 0 Å². The summed E-state index contributed by atoms with van der Waals surface area (Å²) < 4.78 is 7.80. The molecule has 0 aromatic carbocycles. The van der Waals surface area contributed by atoms with Gasteiger partial charge in [-0.1, -0.05) is 0 Å². The van der Waals surface area contributed by atoms with E-state index in [4.69, 9.17) is 4.42 Å². The lowest BCUT2D eigenvalue weighted by Crippen LogP contribution is -2.22. The van der Waals surface area contributed by atoms with Gasteiger partial charge >= 0.3 is 0 Å². The van der Waals surface area contributed by atoms with Gasteiger partial charge in [0.15, 0.2) is 10.2 Å². The Morgan fingerprint density at radius 2 is 2.17 bits per heavy atom. The Balaban J connectivity index is 1.65. The highest BCUT2D eigenvalue weighted by Gasteiger charge is 2.19. The van der Waals surface area contributed by atoms with Gasteiger partial charge in [0.1, 0.15) is 12.1 Å². The maximum atomic E-state index is 5.93. The summed E-state index contributed by atoms with van der Waals surface area (Å²) in [5, 5.41) is 10.7. The number of hydrogen-bond donors (Lipinski definition) is 0. The molecule has 3 aromatic rings. The molecule has 0 saturated carbocycles. The Kier molecular flexibility index (Phi) is 5.07. The summed E-state index contributed by atoms with van der Waals surface area (Å²) >= 11 is 3.22. The van der Waals surface area contributed by atoms with Crippen molar-refractivity contribution in [3.8, 4) is 0 Å². The highest BCUT2D eigenvalue weighted by Crippen LogP contribution is 2.30. The van der Waals surface area contributed by atoms with Crippen LogP contribution in [0.5, 0.6) is 0 Å². The predicted molar refractivity (Wildman–Crippen MR) is 95.3 cm³/mol. The Morgan fingerprint density at radius 1 is 1.38 bits per heavy atom. The lowest BCUT2D eigenvalue weighted by Gasteiger charge is -2.22. The standard InChI is InChI=1S/C16H21N5OS2/c1-10(15-11(2)23-12(3)18-15)20(4)8-13-6-7-14(22-13)24-16-19-17-9-21(16)5/h6-7,9-10H,8H2,1-5H3/t10-/m0/s1. The molecule has 0 aliphatic carbocycles. The van der Waals surface area contributed by atoms with Crippen LogP contribution < -0.4 is 0 Å². The van der Waals surface area contributed by atoms with Crippen molar-refractivity contribution in [1.29, 1.82) is 0 Å². The molecule has 0 aliphatic heterocycles. The number of aryl methyl sites for hydroxylation is 3. The Bertz CT molecular complexity index is 822. The van der Waals surface area contributed by atoms with E-state index in [9.17, 15) is 0 Å². The third-order valence-electron chi connectivity index (χ3n) is 3.90. The van der Waals surface area contributed by atoms with Crippen LogP contribution in [-0.2, 0) is 13.6 Å². The molecular weight excluding hydrogens is 342 g/mol.